The van der Waals surface area contributed by atoms with Gasteiger partial charge in [0.25, 0.3) is 5.91 Å². The summed E-state index contributed by atoms with van der Waals surface area (Å²) in [5.74, 6) is -1.32. The third-order valence-electron chi connectivity index (χ3n) is 2.94. The van der Waals surface area contributed by atoms with Gasteiger partial charge in [0.05, 0.1) is 0 Å². The number of carbonyl (C=O) groups excluding carboxylic acids is 1. The van der Waals surface area contributed by atoms with Crippen LogP contribution in [0, 0.1) is 0 Å². The van der Waals surface area contributed by atoms with Gasteiger partial charge >= 0.3 is 5.97 Å². The van der Waals surface area contributed by atoms with Gasteiger partial charge < -0.3 is 16.2 Å². The van der Waals surface area contributed by atoms with Crippen molar-refractivity contribution >= 4 is 11.9 Å². The van der Waals surface area contributed by atoms with Gasteiger partial charge in [0.15, 0.2) is 12.4 Å². The van der Waals surface area contributed by atoms with E-state index in [1.165, 1.54) is 0 Å². The summed E-state index contributed by atoms with van der Waals surface area (Å²) in [6.07, 6.45) is 3.87. The second-order valence-electron chi connectivity index (χ2n) is 4.40. The minimum absolute atomic E-state index is 0.211. The van der Waals surface area contributed by atoms with E-state index in [-0.39, 0.29) is 12.3 Å². The van der Waals surface area contributed by atoms with Crippen LogP contribution >= 0.6 is 0 Å². The van der Waals surface area contributed by atoms with Crippen molar-refractivity contribution in [2.45, 2.75) is 24.5 Å². The molecule has 5 N–H and O–H groups in total. The molecule has 0 spiro atoms. The van der Waals surface area contributed by atoms with Gasteiger partial charge in [-0.15, -0.1) is 0 Å². The Morgan fingerprint density at radius 1 is 1.53 bits per heavy atom. The summed E-state index contributed by atoms with van der Waals surface area (Å²) < 4.78 is 1.83. The zero-order valence-corrected chi connectivity index (χ0v) is 9.30. The monoisotopic (exact) mass is 237 g/mol. The molecule has 1 aromatic rings. The molecule has 1 aromatic heterocycles. The molecule has 90 valence electrons. The van der Waals surface area contributed by atoms with Gasteiger partial charge in [0.2, 0.25) is 12.1 Å². The molecular weight excluding hydrogens is 222 g/mol. The average molecular weight is 237 g/mol. The van der Waals surface area contributed by atoms with Crippen LogP contribution in [-0.4, -0.2) is 28.6 Å². The molecule has 6 heteroatoms. The lowest BCUT2D eigenvalue weighted by molar-refractivity contribution is -0.730. The summed E-state index contributed by atoms with van der Waals surface area (Å²) in [5, 5.41) is 11.3. The molecule has 0 bridgehead atoms. The number of hydrogen-bond acceptors (Lipinski definition) is 2. The van der Waals surface area contributed by atoms with Crippen molar-refractivity contribution in [3.8, 4) is 0 Å². The number of amides is 1. The molecule has 2 heterocycles. The lowest BCUT2D eigenvalue weighted by atomic mass is 9.96. The van der Waals surface area contributed by atoms with Crippen molar-refractivity contribution in [2.24, 2.45) is 0 Å². The SMILES string of the molecule is [NH3+][C@]1(C[n+]2ccccc2)C[C@H](C(=O)O)NC1=O. The van der Waals surface area contributed by atoms with Gasteiger partial charge in [-0.25, -0.2) is 4.79 Å². The van der Waals surface area contributed by atoms with Crippen LogP contribution < -0.4 is 15.6 Å². The Morgan fingerprint density at radius 2 is 2.18 bits per heavy atom. The molecule has 1 aliphatic heterocycles. The fraction of sp³-hybridized carbons (Fsp3) is 0.364. The Morgan fingerprint density at radius 3 is 2.71 bits per heavy atom. The fourth-order valence-corrected chi connectivity index (χ4v) is 2.02. The van der Waals surface area contributed by atoms with Crippen LogP contribution in [0.3, 0.4) is 0 Å². The molecule has 1 aliphatic rings. The molecule has 1 amide bonds. The Labute approximate surface area is 98.1 Å². The van der Waals surface area contributed by atoms with Gasteiger partial charge in [-0.3, -0.25) is 4.79 Å². The second-order valence-corrected chi connectivity index (χ2v) is 4.40. The summed E-state index contributed by atoms with van der Waals surface area (Å²) >= 11 is 0. The zero-order chi connectivity index (χ0) is 12.5. The molecule has 0 aliphatic carbocycles. The molecule has 0 unspecified atom stereocenters. The molecule has 2 rings (SSSR count). The maximum atomic E-state index is 11.8. The first-order valence-corrected chi connectivity index (χ1v) is 5.34. The van der Waals surface area contributed by atoms with E-state index in [1.54, 1.807) is 0 Å². The number of quaternary nitrogens is 1. The Bertz CT molecular complexity index is 449. The first kappa shape index (κ1) is 11.5. The fourth-order valence-electron chi connectivity index (χ4n) is 2.02. The van der Waals surface area contributed by atoms with Crippen molar-refractivity contribution in [3.05, 3.63) is 30.6 Å². The predicted molar refractivity (Wildman–Crippen MR) is 56.4 cm³/mol. The van der Waals surface area contributed by atoms with E-state index in [1.807, 2.05) is 35.2 Å². The van der Waals surface area contributed by atoms with E-state index >= 15 is 0 Å². The van der Waals surface area contributed by atoms with Crippen LogP contribution in [0.4, 0.5) is 0 Å². The van der Waals surface area contributed by atoms with Gasteiger partial charge in [-0.2, -0.15) is 4.57 Å². The van der Waals surface area contributed by atoms with Crippen molar-refractivity contribution < 1.29 is 25.0 Å². The Balaban J connectivity index is 2.15. The van der Waals surface area contributed by atoms with E-state index in [0.29, 0.717) is 6.54 Å². The molecule has 0 aromatic carbocycles. The lowest BCUT2D eigenvalue weighted by Crippen LogP contribution is -2.80. The molecule has 17 heavy (non-hydrogen) atoms. The molecule has 0 radical (unpaired) electrons. The van der Waals surface area contributed by atoms with E-state index < -0.39 is 17.6 Å². The number of nitrogens with one attached hydrogen (secondary N) is 1. The van der Waals surface area contributed by atoms with Gasteiger partial charge in [-0.05, 0) is 0 Å². The summed E-state index contributed by atoms with van der Waals surface area (Å²) in [6, 6.07) is 4.75. The van der Waals surface area contributed by atoms with Gasteiger partial charge in [0.1, 0.15) is 6.04 Å². The third kappa shape index (κ3) is 2.26. The number of pyridine rings is 1. The minimum atomic E-state index is -1.01. The number of carboxylic acid groups (broad SMARTS) is 1. The first-order chi connectivity index (χ1) is 8.01. The number of rotatable bonds is 3. The molecule has 1 fully saturated rings. The van der Waals surface area contributed by atoms with Crippen LogP contribution in [0.1, 0.15) is 6.42 Å². The van der Waals surface area contributed by atoms with E-state index in [0.717, 1.165) is 0 Å². The normalized spacial score (nSPS) is 27.8. The molecule has 6 nitrogen and oxygen atoms in total. The lowest BCUT2D eigenvalue weighted by Gasteiger charge is -2.12. The van der Waals surface area contributed by atoms with Crippen LogP contribution in [0.5, 0.6) is 0 Å². The second kappa shape index (κ2) is 4.14. The number of nitrogens with zero attached hydrogens (tertiary/aromatic N) is 1. The highest BCUT2D eigenvalue weighted by Crippen LogP contribution is 2.16. The van der Waals surface area contributed by atoms with Crippen LogP contribution in [0.15, 0.2) is 30.6 Å². The molecule has 1 saturated heterocycles. The number of aromatic nitrogens is 1. The largest absolute Gasteiger partial charge is 0.480 e. The quantitative estimate of drug-likeness (QED) is 0.527. The van der Waals surface area contributed by atoms with Crippen molar-refractivity contribution in [3.63, 3.8) is 0 Å². The number of carbonyl (C=O) groups is 2. The van der Waals surface area contributed by atoms with E-state index in [2.05, 4.69) is 11.1 Å². The summed E-state index contributed by atoms with van der Waals surface area (Å²) in [6.45, 7) is 0.378. The van der Waals surface area contributed by atoms with Crippen molar-refractivity contribution in [2.75, 3.05) is 0 Å². The Hall–Kier alpha value is -1.95. The number of hydrogen-bond donors (Lipinski definition) is 3. The molecule has 2 atom stereocenters. The highest BCUT2D eigenvalue weighted by Gasteiger charge is 2.52. The van der Waals surface area contributed by atoms with Crippen molar-refractivity contribution in [1.82, 2.24) is 5.32 Å². The smallest absolute Gasteiger partial charge is 0.326 e. The van der Waals surface area contributed by atoms with Crippen LogP contribution in [0.2, 0.25) is 0 Å². The van der Waals surface area contributed by atoms with Crippen molar-refractivity contribution in [1.29, 1.82) is 0 Å². The number of carboxylic acids is 1. The van der Waals surface area contributed by atoms with Gasteiger partial charge in [-0.1, -0.05) is 6.07 Å². The Kier molecular flexibility index (Phi) is 2.81. The molecule has 0 saturated carbocycles. The third-order valence-corrected chi connectivity index (χ3v) is 2.94. The topological polar surface area (TPSA) is 97.9 Å². The summed E-state index contributed by atoms with van der Waals surface area (Å²) in [5.41, 5.74) is 2.97. The van der Waals surface area contributed by atoms with E-state index in [9.17, 15) is 9.59 Å². The summed E-state index contributed by atoms with van der Waals surface area (Å²) in [4.78, 5) is 22.6. The first-order valence-electron chi connectivity index (χ1n) is 5.34. The highest BCUT2D eigenvalue weighted by molar-refractivity contribution is 5.92. The predicted octanol–water partition coefficient (Wildman–Crippen LogP) is -2.07. The zero-order valence-electron chi connectivity index (χ0n) is 9.30. The standard InChI is InChI=1S/C11H13N3O3/c12-11(7-14-4-2-1-3-5-14)6-8(9(15)16)13-10(11)17/h1-5,8H,6-7,12H2,(H-,13,15,16,17)/p+2/t8-,11+/m1/s1. The number of aliphatic carboxylic acids is 1. The molecular formula is C11H15N3O3+2. The van der Waals surface area contributed by atoms with Crippen LogP contribution in [0.25, 0.3) is 0 Å². The maximum Gasteiger partial charge on any atom is 0.326 e. The van der Waals surface area contributed by atoms with Crippen LogP contribution in [-0.2, 0) is 16.1 Å². The maximum absolute atomic E-state index is 11.8. The minimum Gasteiger partial charge on any atom is -0.480 e. The van der Waals surface area contributed by atoms with Gasteiger partial charge in [0, 0.05) is 18.6 Å². The van der Waals surface area contributed by atoms with E-state index in [4.69, 9.17) is 5.11 Å². The average Bonchev–Trinajstić information content (AvgIpc) is 2.57. The summed E-state index contributed by atoms with van der Waals surface area (Å²) in [7, 11) is 0. The highest BCUT2D eigenvalue weighted by atomic mass is 16.4.